The average Bonchev–Trinajstić information content (AvgIpc) is 2.39. The van der Waals surface area contributed by atoms with E-state index < -0.39 is 0 Å². The van der Waals surface area contributed by atoms with Gasteiger partial charge in [0.05, 0.1) is 5.56 Å². The van der Waals surface area contributed by atoms with E-state index in [0.717, 1.165) is 49.7 Å². The third-order valence-corrected chi connectivity index (χ3v) is 4.48. The molecule has 2 aliphatic carbocycles. The largest absolute Gasteiger partial charge is 0.507 e. The van der Waals surface area contributed by atoms with Gasteiger partial charge in [-0.3, -0.25) is 4.79 Å². The minimum atomic E-state index is 0.0269. The Bertz CT molecular complexity index is 515. The summed E-state index contributed by atoms with van der Waals surface area (Å²) in [6.07, 6.45) is 8.81. The molecule has 0 saturated heterocycles. The summed E-state index contributed by atoms with van der Waals surface area (Å²) in [6.45, 7) is 1.58. The van der Waals surface area contributed by atoms with E-state index in [1.807, 2.05) is 0 Å². The van der Waals surface area contributed by atoms with Gasteiger partial charge in [0.1, 0.15) is 5.75 Å². The summed E-state index contributed by atoms with van der Waals surface area (Å²) in [7, 11) is 0. The third-order valence-electron chi connectivity index (χ3n) is 4.48. The van der Waals surface area contributed by atoms with Gasteiger partial charge in [0, 0.05) is 0 Å². The zero-order chi connectivity index (χ0) is 12.7. The number of Topliss-reactive ketones (excluding diaryl/α,β-unsaturated/α-hetero) is 1. The van der Waals surface area contributed by atoms with Gasteiger partial charge in [-0.15, -0.1) is 0 Å². The first-order chi connectivity index (χ1) is 8.70. The van der Waals surface area contributed by atoms with Gasteiger partial charge in [0.25, 0.3) is 0 Å². The Hall–Kier alpha value is -1.31. The van der Waals surface area contributed by atoms with E-state index in [1.165, 1.54) is 24.0 Å². The van der Waals surface area contributed by atoms with Gasteiger partial charge in [0.2, 0.25) is 0 Å². The first-order valence-electron chi connectivity index (χ1n) is 7.09. The van der Waals surface area contributed by atoms with Gasteiger partial charge in [-0.2, -0.15) is 0 Å². The number of hydrogen-bond donors (Lipinski definition) is 1. The Balaban J connectivity index is 2.30. The monoisotopic (exact) mass is 244 g/mol. The molecule has 0 aromatic heterocycles. The Kier molecular flexibility index (Phi) is 2.89. The van der Waals surface area contributed by atoms with Crippen molar-refractivity contribution < 1.29 is 9.90 Å². The molecule has 2 nitrogen and oxygen atoms in total. The lowest BCUT2D eigenvalue weighted by Gasteiger charge is -2.28. The molecule has 2 aliphatic rings. The minimum absolute atomic E-state index is 0.0269. The lowest BCUT2D eigenvalue weighted by atomic mass is 9.77. The molecule has 1 N–H and O–H groups in total. The standard InChI is InChI=1S/C16H20O2/c1-10(17)15-13-8-4-2-6-11(13)12-7-3-5-9-14(12)16(15)18/h18H,2-9H2,1H3. The number of fused-ring (bicyclic) bond motifs is 3. The highest BCUT2D eigenvalue weighted by molar-refractivity contribution is 5.99. The molecule has 0 heterocycles. The van der Waals surface area contributed by atoms with Crippen molar-refractivity contribution >= 4 is 5.78 Å². The van der Waals surface area contributed by atoms with Crippen molar-refractivity contribution in [2.75, 3.05) is 0 Å². The number of carbonyl (C=O) groups is 1. The second-order valence-corrected chi connectivity index (χ2v) is 5.61. The van der Waals surface area contributed by atoms with Crippen LogP contribution in [0, 0.1) is 0 Å². The first-order valence-corrected chi connectivity index (χ1v) is 7.09. The molecule has 2 heteroatoms. The molecule has 0 amide bonds. The average molecular weight is 244 g/mol. The van der Waals surface area contributed by atoms with E-state index in [9.17, 15) is 9.90 Å². The predicted octanol–water partition coefficient (Wildman–Crippen LogP) is 3.35. The second-order valence-electron chi connectivity index (χ2n) is 5.61. The molecule has 0 aliphatic heterocycles. The maximum Gasteiger partial charge on any atom is 0.163 e. The molecule has 0 unspecified atom stereocenters. The molecular weight excluding hydrogens is 224 g/mol. The van der Waals surface area contributed by atoms with Crippen molar-refractivity contribution in [2.45, 2.75) is 58.3 Å². The Morgan fingerprint density at radius 3 is 1.83 bits per heavy atom. The van der Waals surface area contributed by atoms with E-state index in [4.69, 9.17) is 0 Å². The van der Waals surface area contributed by atoms with Crippen LogP contribution >= 0.6 is 0 Å². The molecule has 18 heavy (non-hydrogen) atoms. The number of rotatable bonds is 1. The summed E-state index contributed by atoms with van der Waals surface area (Å²) >= 11 is 0. The van der Waals surface area contributed by atoms with Gasteiger partial charge in [-0.1, -0.05) is 0 Å². The number of hydrogen-bond acceptors (Lipinski definition) is 2. The first kappa shape index (κ1) is 11.8. The van der Waals surface area contributed by atoms with Crippen LogP contribution in [0.15, 0.2) is 0 Å². The van der Waals surface area contributed by atoms with Crippen LogP contribution in [0.1, 0.15) is 65.2 Å². The maximum atomic E-state index is 11.9. The Morgan fingerprint density at radius 2 is 1.28 bits per heavy atom. The molecule has 3 rings (SSSR count). The summed E-state index contributed by atoms with van der Waals surface area (Å²) in [6, 6.07) is 0. The number of ketones is 1. The fourth-order valence-corrected chi connectivity index (χ4v) is 3.69. The van der Waals surface area contributed by atoms with Crippen LogP contribution < -0.4 is 0 Å². The normalized spacial score (nSPS) is 18.1. The van der Waals surface area contributed by atoms with Crippen molar-refractivity contribution in [3.8, 4) is 5.75 Å². The van der Waals surface area contributed by atoms with Gasteiger partial charge in [-0.05, 0) is 80.5 Å². The number of phenolic OH excluding ortho intramolecular Hbond substituents is 1. The van der Waals surface area contributed by atoms with Crippen molar-refractivity contribution in [1.82, 2.24) is 0 Å². The van der Waals surface area contributed by atoms with Crippen molar-refractivity contribution in [2.24, 2.45) is 0 Å². The van der Waals surface area contributed by atoms with Crippen molar-refractivity contribution in [3.05, 3.63) is 27.8 Å². The number of benzene rings is 1. The molecule has 0 saturated carbocycles. The van der Waals surface area contributed by atoms with Crippen molar-refractivity contribution in [3.63, 3.8) is 0 Å². The molecule has 0 radical (unpaired) electrons. The lowest BCUT2D eigenvalue weighted by Crippen LogP contribution is -2.17. The smallest absolute Gasteiger partial charge is 0.163 e. The zero-order valence-electron chi connectivity index (χ0n) is 11.0. The molecule has 96 valence electrons. The fourth-order valence-electron chi connectivity index (χ4n) is 3.69. The predicted molar refractivity (Wildman–Crippen MR) is 71.4 cm³/mol. The molecule has 0 atom stereocenters. The Morgan fingerprint density at radius 1 is 0.833 bits per heavy atom. The summed E-state index contributed by atoms with van der Waals surface area (Å²) in [5.41, 5.74) is 5.64. The third kappa shape index (κ3) is 1.66. The van der Waals surface area contributed by atoms with Gasteiger partial charge in [-0.25, -0.2) is 0 Å². The number of carbonyl (C=O) groups excluding carboxylic acids is 1. The number of aromatic hydroxyl groups is 1. The highest BCUT2D eigenvalue weighted by Gasteiger charge is 2.27. The lowest BCUT2D eigenvalue weighted by molar-refractivity contribution is 0.101. The van der Waals surface area contributed by atoms with Gasteiger partial charge in [0.15, 0.2) is 5.78 Å². The van der Waals surface area contributed by atoms with Crippen LogP contribution in [0.2, 0.25) is 0 Å². The fraction of sp³-hybridized carbons (Fsp3) is 0.562. The zero-order valence-corrected chi connectivity index (χ0v) is 11.0. The molecule has 1 aromatic rings. The molecule has 0 bridgehead atoms. The van der Waals surface area contributed by atoms with Crippen LogP contribution in [0.5, 0.6) is 5.75 Å². The molecule has 0 fully saturated rings. The summed E-state index contributed by atoms with van der Waals surface area (Å²) < 4.78 is 0. The topological polar surface area (TPSA) is 37.3 Å². The van der Waals surface area contributed by atoms with E-state index in [-0.39, 0.29) is 5.78 Å². The molecule has 1 aromatic carbocycles. The summed E-state index contributed by atoms with van der Waals surface area (Å²) in [5, 5.41) is 10.4. The minimum Gasteiger partial charge on any atom is -0.507 e. The van der Waals surface area contributed by atoms with E-state index in [0.29, 0.717) is 11.3 Å². The summed E-state index contributed by atoms with van der Waals surface area (Å²) in [4.78, 5) is 11.9. The van der Waals surface area contributed by atoms with Crippen LogP contribution in [-0.2, 0) is 25.7 Å². The molecule has 0 spiro atoms. The maximum absolute atomic E-state index is 11.9. The Labute approximate surface area is 108 Å². The van der Waals surface area contributed by atoms with Crippen LogP contribution in [0.3, 0.4) is 0 Å². The van der Waals surface area contributed by atoms with Gasteiger partial charge >= 0.3 is 0 Å². The molecular formula is C16H20O2. The quantitative estimate of drug-likeness (QED) is 0.769. The van der Waals surface area contributed by atoms with E-state index in [1.54, 1.807) is 6.92 Å². The second kappa shape index (κ2) is 4.42. The van der Waals surface area contributed by atoms with Crippen LogP contribution in [0.25, 0.3) is 0 Å². The van der Waals surface area contributed by atoms with Crippen LogP contribution in [-0.4, -0.2) is 10.9 Å². The van der Waals surface area contributed by atoms with Crippen LogP contribution in [0.4, 0.5) is 0 Å². The highest BCUT2D eigenvalue weighted by atomic mass is 16.3. The van der Waals surface area contributed by atoms with E-state index >= 15 is 0 Å². The van der Waals surface area contributed by atoms with Gasteiger partial charge < -0.3 is 5.11 Å². The highest BCUT2D eigenvalue weighted by Crippen LogP contribution is 2.40. The summed E-state index contributed by atoms with van der Waals surface area (Å²) in [5.74, 6) is 0.330. The van der Waals surface area contributed by atoms with Crippen molar-refractivity contribution in [1.29, 1.82) is 0 Å². The SMILES string of the molecule is CC(=O)c1c(O)c2c(c3c1CCCC3)CCCC2. The van der Waals surface area contributed by atoms with E-state index in [2.05, 4.69) is 0 Å². The number of phenols is 1.